The van der Waals surface area contributed by atoms with Gasteiger partial charge in [0.15, 0.2) is 0 Å². The van der Waals surface area contributed by atoms with Gasteiger partial charge in [-0.15, -0.1) is 0 Å². The molecule has 0 radical (unpaired) electrons. The third kappa shape index (κ3) is 17.5. The van der Waals surface area contributed by atoms with Gasteiger partial charge >= 0.3 is 24.1 Å². The van der Waals surface area contributed by atoms with Crippen LogP contribution in [0.5, 0.6) is 0 Å². The quantitative estimate of drug-likeness (QED) is 0.114. The Labute approximate surface area is 243 Å². The molecule has 4 atom stereocenters. The van der Waals surface area contributed by atoms with Gasteiger partial charge in [-0.05, 0) is 52.1 Å². The third-order valence-corrected chi connectivity index (χ3v) is 6.11. The molecular weight excluding hydrogens is 528 g/mol. The summed E-state index contributed by atoms with van der Waals surface area (Å²) in [6.07, 6.45) is 2.89. The van der Waals surface area contributed by atoms with Gasteiger partial charge in [-0.25, -0.2) is 19.2 Å². The molecule has 0 spiro atoms. The molecule has 0 aliphatic heterocycles. The van der Waals surface area contributed by atoms with Gasteiger partial charge in [0.1, 0.15) is 0 Å². The van der Waals surface area contributed by atoms with Gasteiger partial charge in [-0.1, -0.05) is 36.2 Å². The van der Waals surface area contributed by atoms with Crippen LogP contribution in [-0.2, 0) is 6.42 Å². The van der Waals surface area contributed by atoms with Crippen LogP contribution in [0.4, 0.5) is 19.2 Å². The number of hydrogen-bond acceptors (Lipinski definition) is 6. The molecule has 0 saturated heterocycles. The van der Waals surface area contributed by atoms with E-state index in [1.165, 1.54) is 12.6 Å². The van der Waals surface area contributed by atoms with E-state index in [9.17, 15) is 19.2 Å². The number of carbonyl (C=O) groups excluding carboxylic acids is 4. The Balaban J connectivity index is 2.39. The van der Waals surface area contributed by atoms with Crippen LogP contribution in [0, 0.1) is 6.92 Å². The number of amides is 8. The predicted molar refractivity (Wildman–Crippen MR) is 161 cm³/mol. The first-order valence-electron chi connectivity index (χ1n) is 14.1. The van der Waals surface area contributed by atoms with Crippen LogP contribution in [0.25, 0.3) is 0 Å². The number of nitrogens with one attached hydrogen (secondary N) is 8. The molecule has 14 nitrogen and oxygen atoms in total. The second kappa shape index (κ2) is 20.2. The van der Waals surface area contributed by atoms with Crippen LogP contribution < -0.4 is 54.0 Å². The summed E-state index contributed by atoms with van der Waals surface area (Å²) in [5.41, 5.74) is 14.1. The van der Waals surface area contributed by atoms with Crippen LogP contribution in [0.15, 0.2) is 24.3 Å². The van der Waals surface area contributed by atoms with E-state index in [1.54, 1.807) is 13.8 Å². The van der Waals surface area contributed by atoms with Gasteiger partial charge in [0.2, 0.25) is 0 Å². The van der Waals surface area contributed by atoms with E-state index < -0.39 is 12.1 Å². The largest absolute Gasteiger partial charge is 0.341 e. The summed E-state index contributed by atoms with van der Waals surface area (Å²) in [6, 6.07) is 5.41. The van der Waals surface area contributed by atoms with Crippen molar-refractivity contribution in [3.8, 4) is 0 Å². The summed E-state index contributed by atoms with van der Waals surface area (Å²) >= 11 is 0. The summed E-state index contributed by atoms with van der Waals surface area (Å²) in [6.45, 7) is 7.06. The fourth-order valence-corrected chi connectivity index (χ4v) is 3.77. The number of nitrogens with two attached hydrogens (primary N) is 2. The van der Waals surface area contributed by atoms with Crippen molar-refractivity contribution in [3.05, 3.63) is 35.4 Å². The highest BCUT2D eigenvalue weighted by molar-refractivity contribution is 5.76. The van der Waals surface area contributed by atoms with Gasteiger partial charge in [0.05, 0.1) is 0 Å². The lowest BCUT2D eigenvalue weighted by Gasteiger charge is -2.22. The Bertz CT molecular complexity index is 931. The van der Waals surface area contributed by atoms with Gasteiger partial charge < -0.3 is 54.0 Å². The van der Waals surface area contributed by atoms with Crippen molar-refractivity contribution in [2.24, 2.45) is 11.5 Å². The molecule has 0 heterocycles. The fraction of sp³-hybridized carbons (Fsp3) is 0.630. The molecule has 12 N–H and O–H groups in total. The number of benzene rings is 1. The second-order valence-electron chi connectivity index (χ2n) is 10.3. The Hall–Kier alpha value is -3.78. The maximum Gasteiger partial charge on any atom is 0.315 e. The highest BCUT2D eigenvalue weighted by Gasteiger charge is 2.16. The normalized spacial score (nSPS) is 13.5. The van der Waals surface area contributed by atoms with Crippen molar-refractivity contribution >= 4 is 24.1 Å². The zero-order valence-corrected chi connectivity index (χ0v) is 24.8. The van der Waals surface area contributed by atoms with E-state index >= 15 is 0 Å². The maximum atomic E-state index is 12.5. The summed E-state index contributed by atoms with van der Waals surface area (Å²) < 4.78 is 0. The van der Waals surface area contributed by atoms with E-state index in [-0.39, 0.29) is 55.9 Å². The Kier molecular flexibility index (Phi) is 17.3. The molecule has 1 aromatic rings. The molecule has 0 fully saturated rings. The first kappa shape index (κ1) is 35.2. The van der Waals surface area contributed by atoms with Crippen LogP contribution in [0.3, 0.4) is 0 Å². The maximum absolute atomic E-state index is 12.5. The molecule has 14 heteroatoms. The van der Waals surface area contributed by atoms with E-state index in [0.717, 1.165) is 18.4 Å². The minimum absolute atomic E-state index is 0.193. The standard InChI is InChI=1S/C27H50N10O4/c1-18-8-10-21(11-9-18)13-22(29)16-33-27(41)37-23(7-5-6-12-28)17-34-26(40)36-20(3)15-32-25(39)35-19(2)14-31-24(38)30-4/h8-11,19-20,22-23H,5-7,12-17,28-29H2,1-4H3,(H2,30,31,38)(H2,32,35,39)(H2,33,37,41)(H2,34,36,40)/t19-,20-,22-,23-/m0/s1. The van der Waals surface area contributed by atoms with E-state index in [2.05, 4.69) is 42.5 Å². The van der Waals surface area contributed by atoms with Gasteiger partial charge in [0.25, 0.3) is 0 Å². The molecule has 0 unspecified atom stereocenters. The van der Waals surface area contributed by atoms with Crippen LogP contribution >= 0.6 is 0 Å². The van der Waals surface area contributed by atoms with E-state index in [4.69, 9.17) is 11.5 Å². The highest BCUT2D eigenvalue weighted by atomic mass is 16.2. The average molecular weight is 579 g/mol. The smallest absolute Gasteiger partial charge is 0.315 e. The molecule has 0 bridgehead atoms. The number of aryl methyl sites for hydroxylation is 1. The molecule has 232 valence electrons. The Morgan fingerprint density at radius 1 is 0.732 bits per heavy atom. The molecule has 1 rings (SSSR count). The number of carbonyl (C=O) groups is 4. The van der Waals surface area contributed by atoms with Crippen LogP contribution in [-0.4, -0.2) is 88.1 Å². The average Bonchev–Trinajstić information content (AvgIpc) is 2.93. The van der Waals surface area contributed by atoms with Crippen molar-refractivity contribution in [1.82, 2.24) is 42.5 Å². The molecule has 0 aliphatic carbocycles. The minimum Gasteiger partial charge on any atom is -0.341 e. The molecular formula is C27H50N10O4. The van der Waals surface area contributed by atoms with Crippen molar-refractivity contribution < 1.29 is 19.2 Å². The summed E-state index contributed by atoms with van der Waals surface area (Å²) in [5, 5.41) is 21.7. The molecule has 0 aliphatic rings. The third-order valence-electron chi connectivity index (χ3n) is 6.11. The number of urea groups is 4. The summed E-state index contributed by atoms with van der Waals surface area (Å²) in [5.74, 6) is 0. The van der Waals surface area contributed by atoms with Crippen LogP contribution in [0.2, 0.25) is 0 Å². The van der Waals surface area contributed by atoms with E-state index in [0.29, 0.717) is 25.9 Å². The number of rotatable bonds is 17. The first-order valence-corrected chi connectivity index (χ1v) is 14.1. The van der Waals surface area contributed by atoms with Gasteiger partial charge in [-0.2, -0.15) is 0 Å². The topological polar surface area (TPSA) is 217 Å². The fourth-order valence-electron chi connectivity index (χ4n) is 3.77. The highest BCUT2D eigenvalue weighted by Crippen LogP contribution is 2.05. The summed E-state index contributed by atoms with van der Waals surface area (Å²) in [4.78, 5) is 48.2. The van der Waals surface area contributed by atoms with Crippen molar-refractivity contribution in [3.63, 3.8) is 0 Å². The minimum atomic E-state index is -0.422. The number of unbranched alkanes of at least 4 members (excludes halogenated alkanes) is 1. The van der Waals surface area contributed by atoms with Crippen molar-refractivity contribution in [1.29, 1.82) is 0 Å². The predicted octanol–water partition coefficient (Wildman–Crippen LogP) is -0.0340. The SMILES string of the molecule is CNC(=O)NC[C@H](C)NC(=O)NC[C@H](C)NC(=O)NC[C@H](CCCCN)NC(=O)NC[C@@H](N)Cc1ccc(C)cc1. The molecule has 8 amide bonds. The monoisotopic (exact) mass is 578 g/mol. The zero-order chi connectivity index (χ0) is 30.6. The molecule has 0 saturated carbocycles. The first-order chi connectivity index (χ1) is 19.5. The lowest BCUT2D eigenvalue weighted by molar-refractivity contribution is 0.227. The molecule has 1 aromatic carbocycles. The van der Waals surface area contributed by atoms with Gasteiger partial charge in [0, 0.05) is 57.4 Å². The molecule has 41 heavy (non-hydrogen) atoms. The van der Waals surface area contributed by atoms with E-state index in [1.807, 2.05) is 31.2 Å². The van der Waals surface area contributed by atoms with Crippen molar-refractivity contribution in [2.45, 2.75) is 70.6 Å². The van der Waals surface area contributed by atoms with Crippen LogP contribution in [0.1, 0.15) is 44.2 Å². The Morgan fingerprint density at radius 2 is 1.24 bits per heavy atom. The Morgan fingerprint density at radius 3 is 1.80 bits per heavy atom. The van der Waals surface area contributed by atoms with Gasteiger partial charge in [-0.3, -0.25) is 0 Å². The molecule has 0 aromatic heterocycles. The zero-order valence-electron chi connectivity index (χ0n) is 24.8. The second-order valence-corrected chi connectivity index (χ2v) is 10.3. The lowest BCUT2D eigenvalue weighted by atomic mass is 10.1. The summed E-state index contributed by atoms with van der Waals surface area (Å²) in [7, 11) is 1.51. The van der Waals surface area contributed by atoms with Crippen molar-refractivity contribution in [2.75, 3.05) is 39.8 Å². The number of hydrogen-bond donors (Lipinski definition) is 10. The lowest BCUT2D eigenvalue weighted by Crippen LogP contribution is -2.53.